The number of hydrogen-bond donors (Lipinski definition) is 2. The Kier molecular flexibility index (Phi) is 10.1. The Bertz CT molecular complexity index is 948. The van der Waals surface area contributed by atoms with Crippen molar-refractivity contribution >= 4 is 29.1 Å². The van der Waals surface area contributed by atoms with Crippen molar-refractivity contribution in [1.82, 2.24) is 15.5 Å². The molecule has 0 spiro atoms. The third kappa shape index (κ3) is 7.72. The highest BCUT2D eigenvalue weighted by Crippen LogP contribution is 2.40. The number of carbonyl (C=O) groups is 1. The standard InChI is InChI=1S/C26H34Cl2F3N3O/c1-3-4-5-18-6-7-21(27)10-20(18)14-33-25(35)19-11-23(26(29,30)31)22(24(28)12-19)16-34-9-8-17(15-34)13-32-2/h6-7,10-12,17,22,24,32H,3-5,8-9,13-16H2,1-2H3,(H,33,35). The van der Waals surface area contributed by atoms with Crippen molar-refractivity contribution in [3.63, 3.8) is 0 Å². The summed E-state index contributed by atoms with van der Waals surface area (Å²) in [6.07, 6.45) is 1.66. The Morgan fingerprint density at radius 3 is 2.71 bits per heavy atom. The van der Waals surface area contributed by atoms with Crippen molar-refractivity contribution in [2.24, 2.45) is 11.8 Å². The van der Waals surface area contributed by atoms with Gasteiger partial charge in [-0.3, -0.25) is 4.79 Å². The van der Waals surface area contributed by atoms with Crippen LogP contribution < -0.4 is 10.6 Å². The summed E-state index contributed by atoms with van der Waals surface area (Å²) < 4.78 is 42.0. The van der Waals surface area contributed by atoms with Gasteiger partial charge >= 0.3 is 6.18 Å². The number of likely N-dealkylation sites (tertiary alicyclic amines) is 1. The SMILES string of the molecule is CCCCc1ccc(Cl)cc1CNC(=O)C1=CC(Cl)C(CN2CCC(CNC)C2)C(C(F)(F)F)=C1. The molecule has 3 unspecified atom stereocenters. The highest BCUT2D eigenvalue weighted by atomic mass is 35.5. The molecule has 1 aliphatic carbocycles. The molecule has 1 heterocycles. The van der Waals surface area contributed by atoms with Gasteiger partial charge in [-0.25, -0.2) is 0 Å². The van der Waals surface area contributed by atoms with Crippen molar-refractivity contribution in [3.05, 3.63) is 57.6 Å². The molecule has 4 nitrogen and oxygen atoms in total. The molecule has 2 N–H and O–H groups in total. The summed E-state index contributed by atoms with van der Waals surface area (Å²) in [4.78, 5) is 14.9. The quantitative estimate of drug-likeness (QED) is 0.392. The first-order chi connectivity index (χ1) is 16.6. The first-order valence-corrected chi connectivity index (χ1v) is 13.0. The van der Waals surface area contributed by atoms with Gasteiger partial charge in [0.1, 0.15) is 0 Å². The van der Waals surface area contributed by atoms with Crippen LogP contribution in [0.2, 0.25) is 5.02 Å². The second kappa shape index (κ2) is 12.6. The number of halogens is 5. The van der Waals surface area contributed by atoms with E-state index in [0.717, 1.165) is 62.5 Å². The topological polar surface area (TPSA) is 44.4 Å². The normalized spacial score (nSPS) is 23.2. The van der Waals surface area contributed by atoms with Gasteiger partial charge in [0.15, 0.2) is 0 Å². The van der Waals surface area contributed by atoms with Gasteiger partial charge in [0, 0.05) is 41.7 Å². The Labute approximate surface area is 215 Å². The molecular weight excluding hydrogens is 498 g/mol. The average molecular weight is 532 g/mol. The molecular formula is C26H34Cl2F3N3O. The Hall–Kier alpha value is -1.54. The largest absolute Gasteiger partial charge is 0.413 e. The lowest BCUT2D eigenvalue weighted by Crippen LogP contribution is -2.39. The molecule has 0 bridgehead atoms. The van der Waals surface area contributed by atoms with Gasteiger partial charge in [-0.1, -0.05) is 37.1 Å². The van der Waals surface area contributed by atoms with Crippen molar-refractivity contribution in [2.45, 2.75) is 50.7 Å². The average Bonchev–Trinajstić information content (AvgIpc) is 3.24. The summed E-state index contributed by atoms with van der Waals surface area (Å²) in [6, 6.07) is 5.52. The monoisotopic (exact) mass is 531 g/mol. The van der Waals surface area contributed by atoms with Gasteiger partial charge in [0.05, 0.1) is 5.38 Å². The number of nitrogens with zero attached hydrogens (tertiary/aromatic N) is 1. The van der Waals surface area contributed by atoms with Gasteiger partial charge in [-0.05, 0) is 74.7 Å². The summed E-state index contributed by atoms with van der Waals surface area (Å²) in [6.45, 7) is 4.82. The fourth-order valence-corrected chi connectivity index (χ4v) is 5.42. The maximum absolute atomic E-state index is 14.0. The Balaban J connectivity index is 1.71. The van der Waals surface area contributed by atoms with E-state index in [9.17, 15) is 18.0 Å². The molecule has 1 amide bonds. The second-order valence-electron chi connectivity index (χ2n) is 9.44. The van der Waals surface area contributed by atoms with Gasteiger partial charge < -0.3 is 15.5 Å². The number of alkyl halides is 4. The van der Waals surface area contributed by atoms with Crippen LogP contribution in [0.4, 0.5) is 13.2 Å². The lowest BCUT2D eigenvalue weighted by molar-refractivity contribution is -0.117. The number of hydrogen-bond acceptors (Lipinski definition) is 3. The molecule has 35 heavy (non-hydrogen) atoms. The number of amides is 1. The predicted octanol–water partition coefficient (Wildman–Crippen LogP) is 5.49. The van der Waals surface area contributed by atoms with E-state index in [1.165, 1.54) is 6.08 Å². The van der Waals surface area contributed by atoms with E-state index in [4.69, 9.17) is 23.2 Å². The lowest BCUT2D eigenvalue weighted by atomic mass is 9.86. The summed E-state index contributed by atoms with van der Waals surface area (Å²) in [7, 11) is 1.87. The summed E-state index contributed by atoms with van der Waals surface area (Å²) in [5.41, 5.74) is 1.13. The van der Waals surface area contributed by atoms with E-state index in [-0.39, 0.29) is 18.7 Å². The fourth-order valence-electron chi connectivity index (χ4n) is 4.87. The molecule has 194 valence electrons. The number of benzene rings is 1. The number of rotatable bonds is 10. The van der Waals surface area contributed by atoms with Crippen LogP contribution in [0.15, 0.2) is 41.5 Å². The van der Waals surface area contributed by atoms with Crippen LogP contribution in [0.3, 0.4) is 0 Å². The van der Waals surface area contributed by atoms with Gasteiger partial charge in [0.25, 0.3) is 5.91 Å². The number of carbonyl (C=O) groups excluding carboxylic acids is 1. The van der Waals surface area contributed by atoms with E-state index in [0.29, 0.717) is 10.9 Å². The van der Waals surface area contributed by atoms with Crippen molar-refractivity contribution in [2.75, 3.05) is 33.2 Å². The minimum Gasteiger partial charge on any atom is -0.348 e. The molecule has 3 rings (SSSR count). The van der Waals surface area contributed by atoms with E-state index < -0.39 is 29.0 Å². The molecule has 9 heteroatoms. The van der Waals surface area contributed by atoms with Crippen molar-refractivity contribution in [3.8, 4) is 0 Å². The van der Waals surface area contributed by atoms with Gasteiger partial charge in [-0.2, -0.15) is 13.2 Å². The molecule has 1 aromatic rings. The summed E-state index contributed by atoms with van der Waals surface area (Å²) in [5.74, 6) is -1.08. The second-order valence-corrected chi connectivity index (χ2v) is 10.4. The predicted molar refractivity (Wildman–Crippen MR) is 136 cm³/mol. The zero-order chi connectivity index (χ0) is 25.6. The molecule has 0 saturated carbocycles. The Morgan fingerprint density at radius 2 is 2.03 bits per heavy atom. The maximum Gasteiger partial charge on any atom is 0.413 e. The third-order valence-corrected chi connectivity index (χ3v) is 7.41. The number of nitrogens with one attached hydrogen (secondary N) is 2. The van der Waals surface area contributed by atoms with Crippen LogP contribution in [0, 0.1) is 11.8 Å². The smallest absolute Gasteiger partial charge is 0.348 e. The van der Waals surface area contributed by atoms with Crippen LogP contribution in [0.5, 0.6) is 0 Å². The van der Waals surface area contributed by atoms with Gasteiger partial charge in [-0.15, -0.1) is 11.6 Å². The highest BCUT2D eigenvalue weighted by Gasteiger charge is 2.44. The highest BCUT2D eigenvalue weighted by molar-refractivity contribution is 6.30. The lowest BCUT2D eigenvalue weighted by Gasteiger charge is -2.32. The molecule has 1 aromatic carbocycles. The molecule has 0 radical (unpaired) electrons. The van der Waals surface area contributed by atoms with Crippen LogP contribution >= 0.6 is 23.2 Å². The zero-order valence-electron chi connectivity index (χ0n) is 20.2. The maximum atomic E-state index is 14.0. The van der Waals surface area contributed by atoms with Crippen LogP contribution in [-0.2, 0) is 17.8 Å². The third-order valence-electron chi connectivity index (χ3n) is 6.75. The van der Waals surface area contributed by atoms with Gasteiger partial charge in [0.2, 0.25) is 0 Å². The number of allylic oxidation sites excluding steroid dienone is 1. The first-order valence-electron chi connectivity index (χ1n) is 12.2. The summed E-state index contributed by atoms with van der Waals surface area (Å²) in [5, 5.41) is 5.51. The van der Waals surface area contributed by atoms with E-state index in [2.05, 4.69) is 17.6 Å². The Morgan fingerprint density at radius 1 is 1.26 bits per heavy atom. The number of aryl methyl sites for hydroxylation is 1. The van der Waals surface area contributed by atoms with Crippen LogP contribution in [0.1, 0.15) is 37.3 Å². The fraction of sp³-hybridized carbons (Fsp3) is 0.577. The first kappa shape index (κ1) is 28.0. The molecule has 2 aliphatic rings. The summed E-state index contributed by atoms with van der Waals surface area (Å²) >= 11 is 12.6. The van der Waals surface area contributed by atoms with E-state index in [1.54, 1.807) is 12.1 Å². The molecule has 0 aromatic heterocycles. The van der Waals surface area contributed by atoms with Crippen LogP contribution in [-0.4, -0.2) is 55.6 Å². The van der Waals surface area contributed by atoms with Crippen molar-refractivity contribution in [1.29, 1.82) is 0 Å². The minimum atomic E-state index is -4.57. The molecule has 1 saturated heterocycles. The minimum absolute atomic E-state index is 0.0554. The van der Waals surface area contributed by atoms with E-state index >= 15 is 0 Å². The van der Waals surface area contributed by atoms with Crippen molar-refractivity contribution < 1.29 is 18.0 Å². The zero-order valence-corrected chi connectivity index (χ0v) is 21.7. The number of unbranched alkanes of at least 4 members (excludes halogenated alkanes) is 1. The van der Waals surface area contributed by atoms with Crippen LogP contribution in [0.25, 0.3) is 0 Å². The molecule has 3 atom stereocenters. The molecule has 1 aliphatic heterocycles. The molecule has 1 fully saturated rings. The van der Waals surface area contributed by atoms with E-state index in [1.807, 2.05) is 18.0 Å².